The first kappa shape index (κ1) is 18.7. The Morgan fingerprint density at radius 2 is 2.04 bits per heavy atom. The average molecular weight is 359 g/mol. The third kappa shape index (κ3) is 3.41. The zero-order chi connectivity index (χ0) is 18.8. The third-order valence-corrected chi connectivity index (χ3v) is 5.86. The second kappa shape index (κ2) is 7.64. The summed E-state index contributed by atoms with van der Waals surface area (Å²) in [5.41, 5.74) is 0.478. The number of anilines is 1. The molecule has 26 heavy (non-hydrogen) atoms. The number of amides is 1. The Hall–Kier alpha value is -2.11. The van der Waals surface area contributed by atoms with Gasteiger partial charge in [-0.05, 0) is 58.1 Å². The summed E-state index contributed by atoms with van der Waals surface area (Å²) >= 11 is 0. The van der Waals surface area contributed by atoms with Crippen molar-refractivity contribution in [3.8, 4) is 0 Å². The second-order valence-electron chi connectivity index (χ2n) is 7.70. The van der Waals surface area contributed by atoms with Crippen molar-refractivity contribution < 1.29 is 14.7 Å². The molecule has 2 aliphatic rings. The molecule has 6 nitrogen and oxygen atoms in total. The fourth-order valence-electron chi connectivity index (χ4n) is 4.60. The smallest absolute Gasteiger partial charge is 0.326 e. The van der Waals surface area contributed by atoms with E-state index in [9.17, 15) is 14.7 Å². The highest BCUT2D eigenvalue weighted by Gasteiger charge is 2.47. The lowest BCUT2D eigenvalue weighted by Gasteiger charge is -2.33. The lowest BCUT2D eigenvalue weighted by Crippen LogP contribution is -2.46. The number of likely N-dealkylation sites (tertiary alicyclic amines) is 1. The van der Waals surface area contributed by atoms with E-state index < -0.39 is 12.0 Å². The Kier molecular flexibility index (Phi) is 5.49. The molecule has 142 valence electrons. The lowest BCUT2D eigenvalue weighted by atomic mass is 9.84. The zero-order valence-corrected chi connectivity index (χ0v) is 15.9. The molecular weight excluding hydrogens is 330 g/mol. The Morgan fingerprint density at radius 1 is 1.31 bits per heavy atom. The summed E-state index contributed by atoms with van der Waals surface area (Å²) in [6, 6.07) is 3.32. The molecule has 0 spiro atoms. The van der Waals surface area contributed by atoms with Gasteiger partial charge in [0.1, 0.15) is 11.9 Å². The molecule has 0 unspecified atom stereocenters. The van der Waals surface area contributed by atoms with Crippen LogP contribution in [0.25, 0.3) is 0 Å². The first-order valence-electron chi connectivity index (χ1n) is 9.72. The van der Waals surface area contributed by atoms with Gasteiger partial charge in [0.2, 0.25) is 0 Å². The molecule has 1 saturated carbocycles. The van der Waals surface area contributed by atoms with Crippen molar-refractivity contribution in [2.24, 2.45) is 5.92 Å². The van der Waals surface area contributed by atoms with Crippen molar-refractivity contribution in [2.75, 3.05) is 11.4 Å². The highest BCUT2D eigenvalue weighted by atomic mass is 16.4. The maximum atomic E-state index is 13.1. The summed E-state index contributed by atoms with van der Waals surface area (Å²) in [7, 11) is 0. The average Bonchev–Trinajstić information content (AvgIpc) is 3.02. The minimum atomic E-state index is -0.894. The number of aliphatic carboxylic acids is 1. The van der Waals surface area contributed by atoms with Crippen LogP contribution in [0.4, 0.5) is 5.82 Å². The van der Waals surface area contributed by atoms with Gasteiger partial charge in [-0.2, -0.15) is 0 Å². The van der Waals surface area contributed by atoms with Gasteiger partial charge >= 0.3 is 5.97 Å². The monoisotopic (exact) mass is 359 g/mol. The quantitative estimate of drug-likeness (QED) is 0.874. The standard InChI is InChI=1S/C20H29N3O3/c1-4-22(13(2)3)18-10-9-15(12-21-18)19(24)23-16-8-6-5-7-14(16)11-17(23)20(25)26/h9-10,12-14,16-17H,4-8,11H2,1-3H3,(H,25,26)/t14-,16-,17-/m0/s1. The van der Waals surface area contributed by atoms with Crippen LogP contribution in [0.2, 0.25) is 0 Å². The largest absolute Gasteiger partial charge is 0.480 e. The van der Waals surface area contributed by atoms with Crippen molar-refractivity contribution in [2.45, 2.75) is 71.0 Å². The number of carbonyl (C=O) groups excluding carboxylic acids is 1. The van der Waals surface area contributed by atoms with Crippen LogP contribution in [-0.2, 0) is 4.79 Å². The predicted octanol–water partition coefficient (Wildman–Crippen LogP) is 3.17. The molecule has 3 rings (SSSR count). The maximum Gasteiger partial charge on any atom is 0.326 e. The zero-order valence-electron chi connectivity index (χ0n) is 15.9. The lowest BCUT2D eigenvalue weighted by molar-refractivity contribution is -0.141. The molecule has 0 radical (unpaired) electrons. The number of carbonyl (C=O) groups is 2. The number of fused-ring (bicyclic) bond motifs is 1. The van der Waals surface area contributed by atoms with E-state index in [1.54, 1.807) is 17.2 Å². The van der Waals surface area contributed by atoms with E-state index in [-0.39, 0.29) is 11.9 Å². The van der Waals surface area contributed by atoms with Crippen molar-refractivity contribution >= 4 is 17.7 Å². The third-order valence-electron chi connectivity index (χ3n) is 5.86. The fourth-order valence-corrected chi connectivity index (χ4v) is 4.60. The molecule has 2 heterocycles. The molecule has 1 aliphatic carbocycles. The first-order valence-corrected chi connectivity index (χ1v) is 9.72. The van der Waals surface area contributed by atoms with Crippen LogP contribution in [-0.4, -0.2) is 51.5 Å². The number of pyridine rings is 1. The molecule has 3 atom stereocenters. The van der Waals surface area contributed by atoms with Gasteiger partial charge in [0.25, 0.3) is 5.91 Å². The number of carboxylic acids is 1. The second-order valence-corrected chi connectivity index (χ2v) is 7.70. The molecule has 0 aromatic carbocycles. The van der Waals surface area contributed by atoms with Crippen molar-refractivity contribution in [1.29, 1.82) is 0 Å². The molecule has 6 heteroatoms. The number of rotatable bonds is 5. The minimum absolute atomic E-state index is 0.0554. The minimum Gasteiger partial charge on any atom is -0.480 e. The van der Waals surface area contributed by atoms with Crippen LogP contribution >= 0.6 is 0 Å². The summed E-state index contributed by atoms with van der Waals surface area (Å²) in [5.74, 6) is 0.0658. The van der Waals surface area contributed by atoms with Gasteiger partial charge in [0.15, 0.2) is 0 Å². The van der Waals surface area contributed by atoms with Crippen molar-refractivity contribution in [3.63, 3.8) is 0 Å². The normalized spacial score (nSPS) is 25.2. The van der Waals surface area contributed by atoms with E-state index in [0.717, 1.165) is 38.0 Å². The Balaban J connectivity index is 1.84. The van der Waals surface area contributed by atoms with Crippen molar-refractivity contribution in [1.82, 2.24) is 9.88 Å². The van der Waals surface area contributed by atoms with E-state index in [1.807, 2.05) is 6.07 Å². The Morgan fingerprint density at radius 3 is 2.62 bits per heavy atom. The summed E-state index contributed by atoms with van der Waals surface area (Å²) in [6.07, 6.45) is 6.30. The molecule has 2 fully saturated rings. The van der Waals surface area contributed by atoms with Gasteiger partial charge in [0.05, 0.1) is 5.56 Å². The molecule has 0 bridgehead atoms. The van der Waals surface area contributed by atoms with Gasteiger partial charge in [-0.25, -0.2) is 9.78 Å². The summed E-state index contributed by atoms with van der Waals surface area (Å²) in [5, 5.41) is 9.62. The van der Waals surface area contributed by atoms with Crippen LogP contribution in [0.1, 0.15) is 63.2 Å². The van der Waals surface area contributed by atoms with Crippen LogP contribution in [0.3, 0.4) is 0 Å². The van der Waals surface area contributed by atoms with Crippen molar-refractivity contribution in [3.05, 3.63) is 23.9 Å². The number of carboxylic acid groups (broad SMARTS) is 1. The van der Waals surface area contributed by atoms with E-state index in [1.165, 1.54) is 0 Å². The van der Waals surface area contributed by atoms with Crippen LogP contribution in [0.5, 0.6) is 0 Å². The highest BCUT2D eigenvalue weighted by Crippen LogP contribution is 2.40. The molecule has 1 N–H and O–H groups in total. The Bertz CT molecular complexity index is 659. The summed E-state index contributed by atoms with van der Waals surface area (Å²) < 4.78 is 0. The molecule has 1 amide bonds. The topological polar surface area (TPSA) is 73.7 Å². The van der Waals surface area contributed by atoms with Crippen LogP contribution in [0.15, 0.2) is 18.3 Å². The molecule has 1 aromatic heterocycles. The number of nitrogens with zero attached hydrogens (tertiary/aromatic N) is 3. The van der Waals surface area contributed by atoms with Gasteiger partial charge < -0.3 is 14.9 Å². The predicted molar refractivity (Wildman–Crippen MR) is 100 cm³/mol. The van der Waals surface area contributed by atoms with E-state index >= 15 is 0 Å². The fraction of sp³-hybridized carbons (Fsp3) is 0.650. The molecule has 1 aromatic rings. The molecule has 1 saturated heterocycles. The van der Waals surface area contributed by atoms with Gasteiger partial charge in [0, 0.05) is 24.8 Å². The summed E-state index contributed by atoms with van der Waals surface area (Å²) in [4.78, 5) is 33.1. The SMILES string of the molecule is CCN(c1ccc(C(=O)N2[C@H](C(=O)O)C[C@@H]3CCCC[C@@H]32)cn1)C(C)C. The number of hydrogen-bond donors (Lipinski definition) is 1. The van der Waals surface area contributed by atoms with E-state index in [0.29, 0.717) is 23.9 Å². The first-order chi connectivity index (χ1) is 12.4. The highest BCUT2D eigenvalue weighted by molar-refractivity contribution is 5.97. The number of hydrogen-bond acceptors (Lipinski definition) is 4. The van der Waals surface area contributed by atoms with Gasteiger partial charge in [-0.1, -0.05) is 12.8 Å². The molecule has 1 aliphatic heterocycles. The molecular formula is C20H29N3O3. The Labute approximate surface area is 155 Å². The van der Waals surface area contributed by atoms with E-state index in [4.69, 9.17) is 0 Å². The maximum absolute atomic E-state index is 13.1. The van der Waals surface area contributed by atoms with Crippen LogP contribution < -0.4 is 4.90 Å². The van der Waals surface area contributed by atoms with Crippen LogP contribution in [0, 0.1) is 5.92 Å². The van der Waals surface area contributed by atoms with Gasteiger partial charge in [-0.3, -0.25) is 4.79 Å². The summed E-state index contributed by atoms with van der Waals surface area (Å²) in [6.45, 7) is 7.13. The number of aromatic nitrogens is 1. The van der Waals surface area contributed by atoms with Gasteiger partial charge in [-0.15, -0.1) is 0 Å². The van der Waals surface area contributed by atoms with E-state index in [2.05, 4.69) is 30.7 Å².